The van der Waals surface area contributed by atoms with Gasteiger partial charge in [-0.05, 0) is 37.3 Å². The molecular weight excluding hydrogens is 250 g/mol. The second-order valence-corrected chi connectivity index (χ2v) is 6.19. The second kappa shape index (κ2) is 4.86. The lowest BCUT2D eigenvalue weighted by atomic mass is 9.94. The molecule has 1 saturated heterocycles. The molecule has 2 aliphatic heterocycles. The Balaban J connectivity index is 1.60. The number of hydrogen-bond acceptors (Lipinski definition) is 3. The molecule has 106 valence electrons. The number of hydrazine groups is 1. The number of nitrogens with one attached hydrogen (secondary N) is 2. The molecule has 2 N–H and O–H groups in total. The summed E-state index contributed by atoms with van der Waals surface area (Å²) in [6, 6.07) is 8.77. The van der Waals surface area contributed by atoms with E-state index in [0.29, 0.717) is 12.0 Å². The lowest BCUT2D eigenvalue weighted by molar-refractivity contribution is -0.121. The number of para-hydroxylation sites is 1. The number of carbonyl (C=O) groups excluding carboxylic acids is 1. The molecule has 1 aromatic carbocycles. The molecule has 1 aromatic rings. The molecular formula is C16H21N3O. The average molecular weight is 271 g/mol. The molecule has 4 nitrogen and oxygen atoms in total. The summed E-state index contributed by atoms with van der Waals surface area (Å²) in [6.45, 7) is 0.853. The van der Waals surface area contributed by atoms with E-state index < -0.39 is 0 Å². The number of fused-ring (bicyclic) bond motifs is 2. The van der Waals surface area contributed by atoms with Crippen LogP contribution in [0.15, 0.2) is 24.3 Å². The fourth-order valence-corrected chi connectivity index (χ4v) is 4.05. The van der Waals surface area contributed by atoms with Crippen molar-refractivity contribution in [3.8, 4) is 0 Å². The van der Waals surface area contributed by atoms with Crippen LogP contribution in [0, 0.1) is 5.92 Å². The summed E-state index contributed by atoms with van der Waals surface area (Å²) < 4.78 is 0. The summed E-state index contributed by atoms with van der Waals surface area (Å²) in [6.07, 6.45) is 5.75. The highest BCUT2D eigenvalue weighted by Crippen LogP contribution is 2.34. The van der Waals surface area contributed by atoms with E-state index in [2.05, 4.69) is 29.1 Å². The Kier molecular flexibility index (Phi) is 3.00. The number of rotatable bonds is 1. The zero-order valence-corrected chi connectivity index (χ0v) is 11.6. The van der Waals surface area contributed by atoms with Crippen molar-refractivity contribution in [2.45, 2.75) is 44.2 Å². The SMILES string of the molecule is O=C(C1NNC2CCCC21)N1CCCc2ccccc21. The fraction of sp³-hybridized carbons (Fsp3) is 0.562. The Morgan fingerprint density at radius 3 is 3.00 bits per heavy atom. The Bertz CT molecular complexity index is 530. The van der Waals surface area contributed by atoms with E-state index in [1.807, 2.05) is 11.0 Å². The van der Waals surface area contributed by atoms with Crippen LogP contribution in [-0.4, -0.2) is 24.5 Å². The van der Waals surface area contributed by atoms with Crippen molar-refractivity contribution in [2.75, 3.05) is 11.4 Å². The van der Waals surface area contributed by atoms with Crippen LogP contribution in [0.1, 0.15) is 31.2 Å². The van der Waals surface area contributed by atoms with E-state index in [1.165, 1.54) is 18.4 Å². The first-order chi connectivity index (χ1) is 9.84. The molecule has 1 saturated carbocycles. The van der Waals surface area contributed by atoms with Gasteiger partial charge in [0.05, 0.1) is 0 Å². The van der Waals surface area contributed by atoms with Gasteiger partial charge < -0.3 is 4.90 Å². The van der Waals surface area contributed by atoms with E-state index in [0.717, 1.165) is 31.5 Å². The van der Waals surface area contributed by atoms with Crippen LogP contribution in [0.4, 0.5) is 5.69 Å². The number of carbonyl (C=O) groups is 1. The highest BCUT2D eigenvalue weighted by Gasteiger charge is 2.44. The zero-order valence-electron chi connectivity index (χ0n) is 11.6. The van der Waals surface area contributed by atoms with Crippen molar-refractivity contribution < 1.29 is 4.79 Å². The molecule has 0 aromatic heterocycles. The molecule has 0 bridgehead atoms. The minimum atomic E-state index is -0.0475. The first-order valence-corrected chi connectivity index (χ1v) is 7.75. The molecule has 1 amide bonds. The smallest absolute Gasteiger partial charge is 0.245 e. The van der Waals surface area contributed by atoms with Crippen molar-refractivity contribution in [1.29, 1.82) is 0 Å². The predicted octanol–water partition coefficient (Wildman–Crippen LogP) is 1.61. The Morgan fingerprint density at radius 1 is 1.15 bits per heavy atom. The van der Waals surface area contributed by atoms with Crippen LogP contribution in [0.5, 0.6) is 0 Å². The van der Waals surface area contributed by atoms with Gasteiger partial charge in [-0.3, -0.25) is 10.2 Å². The third-order valence-electron chi connectivity index (χ3n) is 5.06. The number of hydrogen-bond donors (Lipinski definition) is 2. The van der Waals surface area contributed by atoms with Crippen LogP contribution < -0.4 is 15.8 Å². The molecule has 0 radical (unpaired) electrons. The quantitative estimate of drug-likeness (QED) is 0.815. The number of nitrogens with zero attached hydrogens (tertiary/aromatic N) is 1. The summed E-state index contributed by atoms with van der Waals surface area (Å²) in [5, 5.41) is 0. The number of aryl methyl sites for hydroxylation is 1. The molecule has 4 heteroatoms. The summed E-state index contributed by atoms with van der Waals surface area (Å²) in [5.74, 6) is 0.718. The summed E-state index contributed by atoms with van der Waals surface area (Å²) in [5.41, 5.74) is 8.98. The monoisotopic (exact) mass is 271 g/mol. The highest BCUT2D eigenvalue weighted by atomic mass is 16.2. The highest BCUT2D eigenvalue weighted by molar-refractivity contribution is 5.98. The fourth-order valence-electron chi connectivity index (χ4n) is 4.05. The minimum Gasteiger partial charge on any atom is -0.311 e. The van der Waals surface area contributed by atoms with E-state index in [-0.39, 0.29) is 11.9 Å². The topological polar surface area (TPSA) is 44.4 Å². The number of amides is 1. The van der Waals surface area contributed by atoms with Gasteiger partial charge in [-0.15, -0.1) is 0 Å². The largest absolute Gasteiger partial charge is 0.311 e. The molecule has 0 spiro atoms. The Hall–Kier alpha value is -1.39. The normalized spacial score (nSPS) is 32.0. The maximum absolute atomic E-state index is 12.9. The third kappa shape index (κ3) is 1.86. The maximum atomic E-state index is 12.9. The maximum Gasteiger partial charge on any atom is 0.245 e. The first-order valence-electron chi connectivity index (χ1n) is 7.75. The molecule has 2 heterocycles. The third-order valence-corrected chi connectivity index (χ3v) is 5.06. The van der Waals surface area contributed by atoms with Gasteiger partial charge in [-0.25, -0.2) is 5.43 Å². The Labute approximate surface area is 119 Å². The molecule has 3 atom stereocenters. The number of benzene rings is 1. The van der Waals surface area contributed by atoms with E-state index in [9.17, 15) is 4.79 Å². The van der Waals surface area contributed by atoms with Gasteiger partial charge in [0.15, 0.2) is 0 Å². The molecule has 3 aliphatic rings. The van der Waals surface area contributed by atoms with Crippen molar-refractivity contribution in [2.24, 2.45) is 5.92 Å². The molecule has 3 unspecified atom stereocenters. The van der Waals surface area contributed by atoms with Crippen molar-refractivity contribution in [3.05, 3.63) is 29.8 Å². The van der Waals surface area contributed by atoms with Crippen LogP contribution in [0.3, 0.4) is 0 Å². The molecule has 4 rings (SSSR count). The van der Waals surface area contributed by atoms with Crippen molar-refractivity contribution >= 4 is 11.6 Å². The second-order valence-electron chi connectivity index (χ2n) is 6.19. The molecule has 20 heavy (non-hydrogen) atoms. The van der Waals surface area contributed by atoms with Crippen LogP contribution in [0.25, 0.3) is 0 Å². The predicted molar refractivity (Wildman–Crippen MR) is 78.3 cm³/mol. The van der Waals surface area contributed by atoms with Gasteiger partial charge in [-0.2, -0.15) is 0 Å². The number of anilines is 1. The Morgan fingerprint density at radius 2 is 2.05 bits per heavy atom. The lowest BCUT2D eigenvalue weighted by Crippen LogP contribution is -2.49. The van der Waals surface area contributed by atoms with Crippen LogP contribution >= 0.6 is 0 Å². The van der Waals surface area contributed by atoms with Gasteiger partial charge in [0.25, 0.3) is 0 Å². The van der Waals surface area contributed by atoms with Crippen molar-refractivity contribution in [3.63, 3.8) is 0 Å². The van der Waals surface area contributed by atoms with Gasteiger partial charge in [0, 0.05) is 24.2 Å². The first kappa shape index (κ1) is 12.4. The van der Waals surface area contributed by atoms with Crippen molar-refractivity contribution in [1.82, 2.24) is 10.9 Å². The lowest BCUT2D eigenvalue weighted by Gasteiger charge is -2.32. The minimum absolute atomic E-state index is 0.0475. The van der Waals surface area contributed by atoms with Gasteiger partial charge in [-0.1, -0.05) is 24.6 Å². The van der Waals surface area contributed by atoms with E-state index in [1.54, 1.807) is 0 Å². The zero-order chi connectivity index (χ0) is 13.5. The van der Waals surface area contributed by atoms with E-state index in [4.69, 9.17) is 0 Å². The van der Waals surface area contributed by atoms with Crippen LogP contribution in [0.2, 0.25) is 0 Å². The van der Waals surface area contributed by atoms with Gasteiger partial charge in [0.1, 0.15) is 6.04 Å². The summed E-state index contributed by atoms with van der Waals surface area (Å²) in [4.78, 5) is 14.9. The molecule has 2 fully saturated rings. The van der Waals surface area contributed by atoms with Gasteiger partial charge >= 0.3 is 0 Å². The summed E-state index contributed by atoms with van der Waals surface area (Å²) in [7, 11) is 0. The van der Waals surface area contributed by atoms with Crippen LogP contribution in [-0.2, 0) is 11.2 Å². The molecule has 1 aliphatic carbocycles. The van der Waals surface area contributed by atoms with E-state index >= 15 is 0 Å². The average Bonchev–Trinajstić information content (AvgIpc) is 3.09. The van der Waals surface area contributed by atoms with Gasteiger partial charge in [0.2, 0.25) is 5.91 Å². The standard InChI is InChI=1S/C16H21N3O/c20-16(15-12-7-3-8-13(12)17-18-15)19-10-4-6-11-5-1-2-9-14(11)19/h1-2,5,9,12-13,15,17-18H,3-4,6-8,10H2. The summed E-state index contributed by atoms with van der Waals surface area (Å²) >= 11 is 0.